The highest BCUT2D eigenvalue weighted by atomic mass is 28.4. The minimum atomic E-state index is -1.94. The zero-order chi connectivity index (χ0) is 29.1. The standard InChI is InChI=1S/C28H51N5O4Si2/c1-11-38(12-2,13-3)35-18-28(10)17-21(37-39(14-4,15-5)16-6)25(36-28)33-20-31-22-23(29-19-30-24(22)33)32-26(34)27(7,8)9/h19-21,25H,11-18H2,1-10H3,(H,29,30,32,34)/t21-,25-,28-/m1/s1. The maximum absolute atomic E-state index is 12.7. The number of fused-ring (bicyclic) bond motifs is 1. The zero-order valence-electron chi connectivity index (χ0n) is 25.9. The molecular weight excluding hydrogens is 527 g/mol. The fourth-order valence-corrected chi connectivity index (χ4v) is 11.0. The average Bonchev–Trinajstić information content (AvgIpc) is 3.49. The molecule has 1 aliphatic rings. The van der Waals surface area contributed by atoms with Crippen molar-refractivity contribution in [1.82, 2.24) is 19.5 Å². The molecular formula is C28H51N5O4Si2. The third-order valence-corrected chi connectivity index (χ3v) is 18.1. The molecule has 39 heavy (non-hydrogen) atoms. The average molecular weight is 578 g/mol. The van der Waals surface area contributed by atoms with Gasteiger partial charge >= 0.3 is 0 Å². The van der Waals surface area contributed by atoms with Crippen molar-refractivity contribution >= 4 is 39.5 Å². The van der Waals surface area contributed by atoms with Crippen LogP contribution >= 0.6 is 0 Å². The predicted octanol–water partition coefficient (Wildman–Crippen LogP) is 6.90. The van der Waals surface area contributed by atoms with Crippen molar-refractivity contribution < 1.29 is 18.4 Å². The second kappa shape index (κ2) is 12.5. The van der Waals surface area contributed by atoms with E-state index in [2.05, 4.69) is 68.7 Å². The number of nitrogens with zero attached hydrogens (tertiary/aromatic N) is 4. The molecule has 9 nitrogen and oxygen atoms in total. The Hall–Kier alpha value is -1.67. The number of aromatic nitrogens is 4. The summed E-state index contributed by atoms with van der Waals surface area (Å²) in [7, 11) is -3.72. The van der Waals surface area contributed by atoms with E-state index in [1.807, 2.05) is 25.3 Å². The van der Waals surface area contributed by atoms with Crippen molar-refractivity contribution in [3.05, 3.63) is 12.7 Å². The number of carbonyl (C=O) groups excluding carboxylic acids is 1. The summed E-state index contributed by atoms with van der Waals surface area (Å²) >= 11 is 0. The molecule has 220 valence electrons. The maximum Gasteiger partial charge on any atom is 0.230 e. The van der Waals surface area contributed by atoms with Gasteiger partial charge in [0.05, 0.1) is 24.6 Å². The molecule has 2 aromatic rings. The van der Waals surface area contributed by atoms with Crippen LogP contribution in [0, 0.1) is 5.41 Å². The molecule has 3 atom stereocenters. The monoisotopic (exact) mass is 577 g/mol. The third kappa shape index (κ3) is 6.81. The fraction of sp³-hybridized carbons (Fsp3) is 0.786. The molecule has 3 rings (SSSR count). The second-order valence-corrected chi connectivity index (χ2v) is 21.8. The van der Waals surface area contributed by atoms with Crippen molar-refractivity contribution in [1.29, 1.82) is 0 Å². The smallest absolute Gasteiger partial charge is 0.230 e. The first-order valence-electron chi connectivity index (χ1n) is 14.8. The van der Waals surface area contributed by atoms with E-state index in [1.54, 1.807) is 6.33 Å². The number of carbonyl (C=O) groups is 1. The van der Waals surface area contributed by atoms with Crippen molar-refractivity contribution in [2.75, 3.05) is 11.9 Å². The molecule has 0 unspecified atom stereocenters. The van der Waals surface area contributed by atoms with E-state index < -0.39 is 33.9 Å². The minimum absolute atomic E-state index is 0.125. The zero-order valence-corrected chi connectivity index (χ0v) is 27.9. The van der Waals surface area contributed by atoms with Crippen LogP contribution in [0.25, 0.3) is 11.2 Å². The number of rotatable bonds is 13. The molecule has 0 saturated carbocycles. The number of anilines is 1. The Balaban J connectivity index is 1.99. The van der Waals surface area contributed by atoms with E-state index in [1.165, 1.54) is 6.33 Å². The van der Waals surface area contributed by atoms with E-state index in [0.717, 1.165) is 42.7 Å². The summed E-state index contributed by atoms with van der Waals surface area (Å²) in [5, 5.41) is 2.93. The molecule has 0 radical (unpaired) electrons. The first kappa shape index (κ1) is 31.9. The Morgan fingerprint density at radius 2 is 1.62 bits per heavy atom. The van der Waals surface area contributed by atoms with Crippen LogP contribution in [-0.2, 0) is 18.4 Å². The molecule has 3 heterocycles. The van der Waals surface area contributed by atoms with Gasteiger partial charge in [0.1, 0.15) is 6.33 Å². The number of nitrogens with one attached hydrogen (secondary N) is 1. The van der Waals surface area contributed by atoms with Crippen LogP contribution in [0.2, 0.25) is 36.3 Å². The van der Waals surface area contributed by atoms with Crippen molar-refractivity contribution in [3.63, 3.8) is 0 Å². The summed E-state index contributed by atoms with van der Waals surface area (Å²) < 4.78 is 22.7. The van der Waals surface area contributed by atoms with Gasteiger partial charge in [0.2, 0.25) is 5.91 Å². The van der Waals surface area contributed by atoms with Crippen molar-refractivity contribution in [3.8, 4) is 0 Å². The van der Waals surface area contributed by atoms with Gasteiger partial charge in [-0.25, -0.2) is 15.0 Å². The summed E-state index contributed by atoms with van der Waals surface area (Å²) in [6, 6.07) is 6.48. The molecule has 11 heteroatoms. The lowest BCUT2D eigenvalue weighted by Gasteiger charge is -2.34. The van der Waals surface area contributed by atoms with E-state index in [4.69, 9.17) is 13.6 Å². The second-order valence-electron chi connectivity index (χ2n) is 12.3. The SMILES string of the molecule is CC[Si](CC)(CC)OC[C@@]1(C)C[C@@H](O[Si](CC)(CC)CC)[C@H](n2cnc3c(NC(=O)C(C)(C)C)ncnc32)O1. The molecule has 2 aromatic heterocycles. The largest absolute Gasteiger partial charge is 0.414 e. The Labute approximate surface area is 237 Å². The summed E-state index contributed by atoms with van der Waals surface area (Å²) in [4.78, 5) is 26.2. The summed E-state index contributed by atoms with van der Waals surface area (Å²) in [5.41, 5.74) is 0.114. The molecule has 1 fully saturated rings. The number of hydrogen-bond acceptors (Lipinski definition) is 7. The Morgan fingerprint density at radius 1 is 1.03 bits per heavy atom. The normalized spacial score (nSPS) is 22.5. The third-order valence-electron chi connectivity index (χ3n) is 8.85. The molecule has 1 N–H and O–H groups in total. The molecule has 1 saturated heterocycles. The van der Waals surface area contributed by atoms with Gasteiger partial charge in [-0.3, -0.25) is 9.36 Å². The van der Waals surface area contributed by atoms with Gasteiger partial charge in [0.25, 0.3) is 0 Å². The molecule has 1 aliphatic heterocycles. The van der Waals surface area contributed by atoms with Crippen molar-refractivity contribution in [2.24, 2.45) is 5.41 Å². The first-order chi connectivity index (χ1) is 18.3. The quantitative estimate of drug-likeness (QED) is 0.258. The molecule has 0 aromatic carbocycles. The van der Waals surface area contributed by atoms with Crippen LogP contribution in [0.15, 0.2) is 12.7 Å². The van der Waals surface area contributed by atoms with Crippen LogP contribution in [-0.4, -0.2) is 60.4 Å². The van der Waals surface area contributed by atoms with Gasteiger partial charge in [-0.05, 0) is 43.2 Å². The summed E-state index contributed by atoms with van der Waals surface area (Å²) in [6.07, 6.45) is 3.41. The van der Waals surface area contributed by atoms with Gasteiger partial charge < -0.3 is 18.9 Å². The van der Waals surface area contributed by atoms with Gasteiger partial charge in [-0.15, -0.1) is 0 Å². The molecule has 0 bridgehead atoms. The fourth-order valence-electron chi connectivity index (χ4n) is 5.48. The van der Waals surface area contributed by atoms with Crippen LogP contribution in [0.3, 0.4) is 0 Å². The van der Waals surface area contributed by atoms with Gasteiger partial charge in [0.15, 0.2) is 39.8 Å². The van der Waals surface area contributed by atoms with Gasteiger partial charge in [-0.2, -0.15) is 0 Å². The lowest BCUT2D eigenvalue weighted by atomic mass is 9.96. The first-order valence-corrected chi connectivity index (χ1v) is 19.9. The Kier molecular flexibility index (Phi) is 10.2. The van der Waals surface area contributed by atoms with Crippen molar-refractivity contribution in [2.45, 2.75) is 130 Å². The number of imidazole rings is 1. The Morgan fingerprint density at radius 3 is 2.15 bits per heavy atom. The van der Waals surface area contributed by atoms with Crippen LogP contribution in [0.4, 0.5) is 5.82 Å². The Bertz CT molecular complexity index is 1100. The predicted molar refractivity (Wildman–Crippen MR) is 162 cm³/mol. The van der Waals surface area contributed by atoms with E-state index in [-0.39, 0.29) is 12.0 Å². The number of amides is 1. The number of hydrogen-bond donors (Lipinski definition) is 1. The highest BCUT2D eigenvalue weighted by Gasteiger charge is 2.49. The van der Waals surface area contributed by atoms with Crippen LogP contribution < -0.4 is 5.32 Å². The van der Waals surface area contributed by atoms with E-state index >= 15 is 0 Å². The van der Waals surface area contributed by atoms with E-state index in [0.29, 0.717) is 23.6 Å². The summed E-state index contributed by atoms with van der Waals surface area (Å²) in [6.45, 7) is 21.8. The molecule has 0 aliphatic carbocycles. The minimum Gasteiger partial charge on any atom is -0.414 e. The van der Waals surface area contributed by atoms with Crippen LogP contribution in [0.5, 0.6) is 0 Å². The lowest BCUT2D eigenvalue weighted by molar-refractivity contribution is -0.123. The lowest BCUT2D eigenvalue weighted by Crippen LogP contribution is -2.43. The highest BCUT2D eigenvalue weighted by molar-refractivity contribution is 6.74. The topological polar surface area (TPSA) is 100 Å². The molecule has 0 spiro atoms. The van der Waals surface area contributed by atoms with Crippen LogP contribution in [0.1, 0.15) is 81.9 Å². The van der Waals surface area contributed by atoms with E-state index in [9.17, 15) is 4.79 Å². The molecule has 1 amide bonds. The maximum atomic E-state index is 12.7. The summed E-state index contributed by atoms with van der Waals surface area (Å²) in [5.74, 6) is 0.282. The van der Waals surface area contributed by atoms with Gasteiger partial charge in [0, 0.05) is 11.8 Å². The number of ether oxygens (including phenoxy) is 1. The highest BCUT2D eigenvalue weighted by Crippen LogP contribution is 2.43. The van der Waals surface area contributed by atoms with Gasteiger partial charge in [-0.1, -0.05) is 62.3 Å².